The molecule has 3 aromatic rings. The number of nitrogens with zero attached hydrogens (tertiary/aromatic N) is 3. The number of ether oxygens (including phenoxy) is 2. The van der Waals surface area contributed by atoms with E-state index < -0.39 is 0 Å². The number of para-hydroxylation sites is 1. The number of benzene rings is 1. The summed E-state index contributed by atoms with van der Waals surface area (Å²) >= 11 is 6.45. The maximum atomic E-state index is 6.45. The van der Waals surface area contributed by atoms with E-state index in [-0.39, 0.29) is 0 Å². The summed E-state index contributed by atoms with van der Waals surface area (Å²) in [4.78, 5) is 6.95. The highest BCUT2D eigenvalue weighted by atomic mass is 35.5. The molecule has 0 aliphatic carbocycles. The van der Waals surface area contributed by atoms with E-state index in [1.165, 1.54) is 5.56 Å². The monoisotopic (exact) mass is 369 g/mol. The number of hydrogen-bond acceptors (Lipinski definition) is 4. The first-order valence-electron chi connectivity index (χ1n) is 9.05. The van der Waals surface area contributed by atoms with Crippen molar-refractivity contribution >= 4 is 17.2 Å². The summed E-state index contributed by atoms with van der Waals surface area (Å²) in [5.41, 5.74) is 3.14. The predicted molar refractivity (Wildman–Crippen MR) is 100 cm³/mol. The number of rotatable bonds is 3. The molecule has 1 unspecified atom stereocenters. The number of hydrogen-bond donors (Lipinski definition) is 0. The van der Waals surface area contributed by atoms with E-state index in [2.05, 4.69) is 26.4 Å². The van der Waals surface area contributed by atoms with E-state index in [0.717, 1.165) is 48.8 Å². The van der Waals surface area contributed by atoms with Crippen LogP contribution in [0.1, 0.15) is 30.1 Å². The number of fused-ring (bicyclic) bond motifs is 2. The van der Waals surface area contributed by atoms with Crippen LogP contribution < -0.4 is 9.47 Å². The quantitative estimate of drug-likeness (QED) is 0.697. The highest BCUT2D eigenvalue weighted by Crippen LogP contribution is 2.43. The van der Waals surface area contributed by atoms with Gasteiger partial charge < -0.3 is 13.9 Å². The Bertz CT molecular complexity index is 955. The molecule has 0 saturated carbocycles. The molecule has 1 fully saturated rings. The van der Waals surface area contributed by atoms with Crippen molar-refractivity contribution in [2.75, 3.05) is 19.8 Å². The molecule has 2 aromatic heterocycles. The first kappa shape index (κ1) is 16.0. The second kappa shape index (κ2) is 6.49. The first-order valence-corrected chi connectivity index (χ1v) is 9.43. The fraction of sp³-hybridized carbons (Fsp3) is 0.350. The molecule has 6 heteroatoms. The summed E-state index contributed by atoms with van der Waals surface area (Å²) in [5, 5.41) is 0.580. The van der Waals surface area contributed by atoms with Crippen LogP contribution in [0.15, 0.2) is 42.6 Å². The lowest BCUT2D eigenvalue weighted by Gasteiger charge is -2.28. The summed E-state index contributed by atoms with van der Waals surface area (Å²) in [6, 6.07) is 12.5. The summed E-state index contributed by atoms with van der Waals surface area (Å²) in [5.74, 6) is 1.76. The molecule has 1 saturated heterocycles. The fourth-order valence-electron chi connectivity index (χ4n) is 4.08. The van der Waals surface area contributed by atoms with Crippen LogP contribution in [0.4, 0.5) is 0 Å². The van der Waals surface area contributed by atoms with Crippen molar-refractivity contribution in [1.82, 2.24) is 14.3 Å². The predicted octanol–water partition coefficient (Wildman–Crippen LogP) is 4.10. The van der Waals surface area contributed by atoms with Gasteiger partial charge in [0.1, 0.15) is 18.9 Å². The molecule has 0 spiro atoms. The molecule has 0 bridgehead atoms. The van der Waals surface area contributed by atoms with Crippen molar-refractivity contribution in [2.24, 2.45) is 0 Å². The zero-order valence-electron chi connectivity index (χ0n) is 14.4. The van der Waals surface area contributed by atoms with Gasteiger partial charge in [0, 0.05) is 24.3 Å². The lowest BCUT2D eigenvalue weighted by Crippen LogP contribution is -2.25. The van der Waals surface area contributed by atoms with Gasteiger partial charge in [-0.05, 0) is 37.6 Å². The van der Waals surface area contributed by atoms with Crippen LogP contribution in [0, 0.1) is 0 Å². The van der Waals surface area contributed by atoms with Crippen molar-refractivity contribution in [2.45, 2.75) is 25.4 Å². The molecule has 5 rings (SSSR count). The van der Waals surface area contributed by atoms with Crippen LogP contribution in [-0.4, -0.2) is 34.0 Å². The standard InChI is InChI=1S/C20H20ClN3O2/c21-20-16(24-10-2-1-8-18(24)22-20)13-23-9-4-6-15(23)14-5-3-7-17-19(14)26-12-11-25-17/h1-3,5,7-8,10,15H,4,6,9,11-13H2. The van der Waals surface area contributed by atoms with E-state index in [0.29, 0.717) is 24.4 Å². The van der Waals surface area contributed by atoms with Crippen molar-refractivity contribution < 1.29 is 9.47 Å². The minimum atomic E-state index is 0.303. The normalized spacial score (nSPS) is 20.0. The van der Waals surface area contributed by atoms with Crippen molar-refractivity contribution in [1.29, 1.82) is 0 Å². The van der Waals surface area contributed by atoms with Crippen LogP contribution in [0.5, 0.6) is 11.5 Å². The number of imidazole rings is 1. The molecule has 4 heterocycles. The number of pyridine rings is 1. The Labute approximate surface area is 157 Å². The molecule has 0 N–H and O–H groups in total. The molecule has 1 aromatic carbocycles. The molecular weight excluding hydrogens is 350 g/mol. The average molecular weight is 370 g/mol. The van der Waals surface area contributed by atoms with E-state index in [4.69, 9.17) is 21.1 Å². The van der Waals surface area contributed by atoms with E-state index in [1.807, 2.05) is 30.5 Å². The number of halogens is 1. The van der Waals surface area contributed by atoms with Gasteiger partial charge in [0.2, 0.25) is 0 Å². The summed E-state index contributed by atoms with van der Waals surface area (Å²) in [6.07, 6.45) is 4.29. The van der Waals surface area contributed by atoms with Gasteiger partial charge in [-0.1, -0.05) is 29.8 Å². The molecule has 5 nitrogen and oxygen atoms in total. The van der Waals surface area contributed by atoms with Gasteiger partial charge >= 0.3 is 0 Å². The second-order valence-electron chi connectivity index (χ2n) is 6.78. The highest BCUT2D eigenvalue weighted by Gasteiger charge is 2.31. The van der Waals surface area contributed by atoms with Gasteiger partial charge in [0.05, 0.1) is 5.69 Å². The van der Waals surface area contributed by atoms with Gasteiger partial charge in [-0.3, -0.25) is 4.90 Å². The minimum Gasteiger partial charge on any atom is -0.486 e. The zero-order valence-corrected chi connectivity index (χ0v) is 15.2. The highest BCUT2D eigenvalue weighted by molar-refractivity contribution is 6.30. The maximum Gasteiger partial charge on any atom is 0.166 e. The lowest BCUT2D eigenvalue weighted by atomic mass is 10.0. The third-order valence-corrected chi connectivity index (χ3v) is 5.55. The molecule has 1 atom stereocenters. The Hall–Kier alpha value is -2.24. The molecular formula is C20H20ClN3O2. The third kappa shape index (κ3) is 2.63. The smallest absolute Gasteiger partial charge is 0.166 e. The van der Waals surface area contributed by atoms with Crippen molar-refractivity contribution in [3.63, 3.8) is 0 Å². The van der Waals surface area contributed by atoms with Gasteiger partial charge in [-0.25, -0.2) is 4.98 Å². The van der Waals surface area contributed by atoms with E-state index in [9.17, 15) is 0 Å². The first-order chi connectivity index (χ1) is 12.8. The van der Waals surface area contributed by atoms with Gasteiger partial charge in [0.25, 0.3) is 0 Å². The second-order valence-corrected chi connectivity index (χ2v) is 7.14. The van der Waals surface area contributed by atoms with E-state index in [1.54, 1.807) is 0 Å². The molecule has 2 aliphatic heterocycles. The van der Waals surface area contributed by atoms with Crippen LogP contribution in [0.3, 0.4) is 0 Å². The summed E-state index contributed by atoms with van der Waals surface area (Å²) in [7, 11) is 0. The Morgan fingerprint density at radius 2 is 2.04 bits per heavy atom. The van der Waals surface area contributed by atoms with Gasteiger partial charge in [-0.2, -0.15) is 0 Å². The maximum absolute atomic E-state index is 6.45. The van der Waals surface area contributed by atoms with Gasteiger partial charge in [-0.15, -0.1) is 0 Å². The lowest BCUT2D eigenvalue weighted by molar-refractivity contribution is 0.163. The average Bonchev–Trinajstić information content (AvgIpc) is 3.26. The number of aromatic nitrogens is 2. The Morgan fingerprint density at radius 3 is 3.00 bits per heavy atom. The van der Waals surface area contributed by atoms with Crippen LogP contribution in [-0.2, 0) is 6.54 Å². The minimum absolute atomic E-state index is 0.303. The molecule has 26 heavy (non-hydrogen) atoms. The molecule has 134 valence electrons. The zero-order chi connectivity index (χ0) is 17.5. The summed E-state index contributed by atoms with van der Waals surface area (Å²) in [6.45, 7) is 3.02. The molecule has 0 amide bonds. The largest absolute Gasteiger partial charge is 0.486 e. The molecule has 0 radical (unpaired) electrons. The van der Waals surface area contributed by atoms with Crippen LogP contribution >= 0.6 is 11.6 Å². The molecule has 2 aliphatic rings. The Kier molecular flexibility index (Phi) is 3.98. The van der Waals surface area contributed by atoms with E-state index >= 15 is 0 Å². The van der Waals surface area contributed by atoms with Crippen LogP contribution in [0.25, 0.3) is 5.65 Å². The SMILES string of the molecule is Clc1nc2ccccn2c1CN1CCCC1c1cccc2c1OCCO2. The Morgan fingerprint density at radius 1 is 1.12 bits per heavy atom. The van der Waals surface area contributed by atoms with Gasteiger partial charge in [0.15, 0.2) is 16.7 Å². The fourth-order valence-corrected chi connectivity index (χ4v) is 4.32. The summed E-state index contributed by atoms with van der Waals surface area (Å²) < 4.78 is 13.8. The van der Waals surface area contributed by atoms with Crippen molar-refractivity contribution in [3.8, 4) is 11.5 Å². The Balaban J connectivity index is 1.49. The van der Waals surface area contributed by atoms with Crippen molar-refractivity contribution in [3.05, 3.63) is 59.0 Å². The number of likely N-dealkylation sites (tertiary alicyclic amines) is 1. The van der Waals surface area contributed by atoms with Crippen LogP contribution in [0.2, 0.25) is 5.15 Å². The third-order valence-electron chi connectivity index (χ3n) is 5.25. The topological polar surface area (TPSA) is 39.0 Å².